The Bertz CT molecular complexity index is 705. The molecule has 1 aliphatic heterocycles. The number of nitrogens with one attached hydrogen (secondary N) is 2. The molecule has 1 saturated heterocycles. The van der Waals surface area contributed by atoms with Crippen LogP contribution in [0.25, 0.3) is 0 Å². The van der Waals surface area contributed by atoms with Crippen molar-refractivity contribution >= 4 is 17.5 Å². The van der Waals surface area contributed by atoms with E-state index in [-0.39, 0.29) is 11.8 Å². The Balaban J connectivity index is 1.73. The average molecular weight is 326 g/mol. The van der Waals surface area contributed by atoms with Gasteiger partial charge in [0, 0.05) is 37.0 Å². The minimum Gasteiger partial charge on any atom is -0.341 e. The van der Waals surface area contributed by atoms with Gasteiger partial charge in [-0.25, -0.2) is 15.0 Å². The molecule has 7 nitrogen and oxygen atoms in total. The van der Waals surface area contributed by atoms with Crippen LogP contribution >= 0.6 is 0 Å². The van der Waals surface area contributed by atoms with Crippen LogP contribution in [0.1, 0.15) is 23.9 Å². The van der Waals surface area contributed by atoms with Gasteiger partial charge in [0.25, 0.3) is 0 Å². The molecule has 0 spiro atoms. The Kier molecular flexibility index (Phi) is 5.00. The van der Waals surface area contributed by atoms with E-state index in [4.69, 9.17) is 0 Å². The van der Waals surface area contributed by atoms with Gasteiger partial charge in [0.05, 0.1) is 6.54 Å². The fourth-order valence-electron chi connectivity index (χ4n) is 2.87. The van der Waals surface area contributed by atoms with E-state index in [0.29, 0.717) is 13.1 Å². The Morgan fingerprint density at radius 3 is 2.96 bits per heavy atom. The van der Waals surface area contributed by atoms with Crippen molar-refractivity contribution in [3.8, 4) is 0 Å². The van der Waals surface area contributed by atoms with Crippen LogP contribution in [0.5, 0.6) is 0 Å². The number of pyridine rings is 1. The van der Waals surface area contributed by atoms with Gasteiger partial charge in [-0.3, -0.25) is 4.79 Å². The third-order valence-corrected chi connectivity index (χ3v) is 4.03. The first-order valence-corrected chi connectivity index (χ1v) is 8.11. The first-order chi connectivity index (χ1) is 11.7. The minimum absolute atomic E-state index is 0.125. The molecule has 1 aliphatic rings. The van der Waals surface area contributed by atoms with Crippen LogP contribution in [0.3, 0.4) is 0 Å². The summed E-state index contributed by atoms with van der Waals surface area (Å²) in [5.41, 5.74) is 0.901. The van der Waals surface area contributed by atoms with Gasteiger partial charge in [-0.2, -0.15) is 0 Å². The SMILES string of the molecule is CNCC(=O)N1CC[C@H](c2nc(C)cc(Nc3ccccn3)n2)C1. The summed E-state index contributed by atoms with van der Waals surface area (Å²) in [6, 6.07) is 7.59. The van der Waals surface area contributed by atoms with Crippen LogP contribution in [-0.4, -0.2) is 52.4 Å². The molecule has 0 saturated carbocycles. The molecule has 2 aromatic rings. The highest BCUT2D eigenvalue weighted by Crippen LogP contribution is 2.26. The molecule has 1 atom stereocenters. The van der Waals surface area contributed by atoms with Crippen LogP contribution in [-0.2, 0) is 4.79 Å². The van der Waals surface area contributed by atoms with Crippen LogP contribution in [0, 0.1) is 6.92 Å². The molecule has 0 bridgehead atoms. The number of aromatic nitrogens is 3. The van der Waals surface area contributed by atoms with Crippen molar-refractivity contribution in [2.45, 2.75) is 19.3 Å². The second kappa shape index (κ2) is 7.35. The predicted octanol–water partition coefficient (Wildman–Crippen LogP) is 1.46. The van der Waals surface area contributed by atoms with E-state index in [9.17, 15) is 4.79 Å². The molecule has 3 rings (SSSR count). The van der Waals surface area contributed by atoms with Crippen molar-refractivity contribution in [3.05, 3.63) is 42.0 Å². The topological polar surface area (TPSA) is 83.0 Å². The highest BCUT2D eigenvalue weighted by Gasteiger charge is 2.29. The van der Waals surface area contributed by atoms with Gasteiger partial charge < -0.3 is 15.5 Å². The standard InChI is InChI=1S/C17H22N6O/c1-12-9-15(21-14-5-3-4-7-19-14)22-17(20-12)13-6-8-23(11-13)16(24)10-18-2/h3-5,7,9,13,18H,6,8,10-11H2,1-2H3,(H,19,20,21,22)/t13-/m0/s1. The molecule has 24 heavy (non-hydrogen) atoms. The van der Waals surface area contributed by atoms with Gasteiger partial charge >= 0.3 is 0 Å². The van der Waals surface area contributed by atoms with E-state index in [1.165, 1.54) is 0 Å². The number of aryl methyl sites for hydroxylation is 1. The zero-order chi connectivity index (χ0) is 16.9. The third kappa shape index (κ3) is 3.86. The molecule has 0 radical (unpaired) electrons. The zero-order valence-corrected chi connectivity index (χ0v) is 14.0. The molecule has 126 valence electrons. The van der Waals surface area contributed by atoms with Crippen molar-refractivity contribution in [3.63, 3.8) is 0 Å². The van der Waals surface area contributed by atoms with E-state index >= 15 is 0 Å². The summed E-state index contributed by atoms with van der Waals surface area (Å²) in [7, 11) is 1.78. The van der Waals surface area contributed by atoms with E-state index in [1.807, 2.05) is 36.1 Å². The van der Waals surface area contributed by atoms with Gasteiger partial charge in [0.2, 0.25) is 5.91 Å². The quantitative estimate of drug-likeness (QED) is 0.865. The van der Waals surface area contributed by atoms with Gasteiger partial charge in [-0.05, 0) is 32.5 Å². The molecule has 3 heterocycles. The Labute approximate surface area is 141 Å². The van der Waals surface area contributed by atoms with Gasteiger partial charge in [-0.15, -0.1) is 0 Å². The molecular weight excluding hydrogens is 304 g/mol. The van der Waals surface area contributed by atoms with Crippen LogP contribution in [0.2, 0.25) is 0 Å². The van der Waals surface area contributed by atoms with E-state index in [2.05, 4.69) is 25.6 Å². The first-order valence-electron chi connectivity index (χ1n) is 8.11. The molecule has 2 N–H and O–H groups in total. The molecule has 2 aromatic heterocycles. The largest absolute Gasteiger partial charge is 0.341 e. The number of nitrogens with zero attached hydrogens (tertiary/aromatic N) is 4. The van der Waals surface area contributed by atoms with Crippen LogP contribution in [0.15, 0.2) is 30.5 Å². The summed E-state index contributed by atoms with van der Waals surface area (Å²) in [6.07, 6.45) is 2.63. The molecule has 0 aromatic carbocycles. The van der Waals surface area contributed by atoms with Crippen molar-refractivity contribution in [2.75, 3.05) is 32.0 Å². The molecular formula is C17H22N6O. The highest BCUT2D eigenvalue weighted by molar-refractivity contribution is 5.78. The smallest absolute Gasteiger partial charge is 0.236 e. The van der Waals surface area contributed by atoms with E-state index in [1.54, 1.807) is 13.2 Å². The Morgan fingerprint density at radius 1 is 1.33 bits per heavy atom. The fourth-order valence-corrected chi connectivity index (χ4v) is 2.87. The molecule has 0 aliphatic carbocycles. The maximum atomic E-state index is 12.0. The van der Waals surface area contributed by atoms with Crippen LogP contribution < -0.4 is 10.6 Å². The fraction of sp³-hybridized carbons (Fsp3) is 0.412. The highest BCUT2D eigenvalue weighted by atomic mass is 16.2. The lowest BCUT2D eigenvalue weighted by Crippen LogP contribution is -2.35. The monoisotopic (exact) mass is 326 g/mol. The van der Waals surface area contributed by atoms with Gasteiger partial charge in [0.15, 0.2) is 0 Å². The second-order valence-corrected chi connectivity index (χ2v) is 5.95. The lowest BCUT2D eigenvalue weighted by molar-refractivity contribution is -0.129. The van der Waals surface area contributed by atoms with E-state index in [0.717, 1.165) is 36.1 Å². The summed E-state index contributed by atoms with van der Waals surface area (Å²) in [5.74, 6) is 2.57. The summed E-state index contributed by atoms with van der Waals surface area (Å²) >= 11 is 0. The lowest BCUT2D eigenvalue weighted by Gasteiger charge is -2.16. The molecule has 7 heteroatoms. The number of hydrogen-bond donors (Lipinski definition) is 2. The lowest BCUT2D eigenvalue weighted by atomic mass is 10.1. The Hall–Kier alpha value is -2.54. The second-order valence-electron chi connectivity index (χ2n) is 5.95. The molecule has 1 fully saturated rings. The van der Waals surface area contributed by atoms with E-state index < -0.39 is 0 Å². The number of rotatable bonds is 5. The normalized spacial score (nSPS) is 17.1. The van der Waals surface area contributed by atoms with Gasteiger partial charge in [-0.1, -0.05) is 6.07 Å². The number of hydrogen-bond acceptors (Lipinski definition) is 6. The van der Waals surface area contributed by atoms with Crippen molar-refractivity contribution in [1.82, 2.24) is 25.2 Å². The number of carbonyl (C=O) groups excluding carboxylic acids is 1. The number of carbonyl (C=O) groups is 1. The van der Waals surface area contributed by atoms with Crippen molar-refractivity contribution in [2.24, 2.45) is 0 Å². The summed E-state index contributed by atoms with van der Waals surface area (Å²) in [6.45, 7) is 3.75. The van der Waals surface area contributed by atoms with Crippen molar-refractivity contribution < 1.29 is 4.79 Å². The Morgan fingerprint density at radius 2 is 2.21 bits per heavy atom. The zero-order valence-electron chi connectivity index (χ0n) is 14.0. The van der Waals surface area contributed by atoms with Crippen molar-refractivity contribution in [1.29, 1.82) is 0 Å². The summed E-state index contributed by atoms with van der Waals surface area (Å²) in [5, 5.41) is 6.12. The summed E-state index contributed by atoms with van der Waals surface area (Å²) < 4.78 is 0. The first kappa shape index (κ1) is 16.3. The third-order valence-electron chi connectivity index (χ3n) is 4.03. The number of amides is 1. The van der Waals surface area contributed by atoms with Crippen LogP contribution in [0.4, 0.5) is 11.6 Å². The predicted molar refractivity (Wildman–Crippen MR) is 92.2 cm³/mol. The number of likely N-dealkylation sites (N-methyl/N-ethyl adjacent to an activating group) is 1. The number of anilines is 2. The summed E-state index contributed by atoms with van der Waals surface area (Å²) in [4.78, 5) is 27.3. The van der Waals surface area contributed by atoms with Gasteiger partial charge in [0.1, 0.15) is 17.5 Å². The maximum Gasteiger partial charge on any atom is 0.236 e. The molecule has 0 unspecified atom stereocenters. The maximum absolute atomic E-state index is 12.0. The minimum atomic E-state index is 0.125. The average Bonchev–Trinajstić information content (AvgIpc) is 3.06. The molecule has 1 amide bonds. The number of likely N-dealkylation sites (tertiary alicyclic amines) is 1.